The van der Waals surface area contributed by atoms with Gasteiger partial charge in [0.05, 0.1) is 16.8 Å². The van der Waals surface area contributed by atoms with E-state index in [1.165, 1.54) is 18.8 Å². The van der Waals surface area contributed by atoms with Gasteiger partial charge in [0.25, 0.3) is 0 Å². The molecule has 168 valence electrons. The van der Waals surface area contributed by atoms with Gasteiger partial charge in [-0.2, -0.15) is 5.26 Å². The molecule has 0 bridgehead atoms. The van der Waals surface area contributed by atoms with Crippen LogP contribution < -0.4 is 15.8 Å². The minimum Gasteiger partial charge on any atom is -0.440 e. The predicted molar refractivity (Wildman–Crippen MR) is 135 cm³/mol. The highest BCUT2D eigenvalue weighted by molar-refractivity contribution is 5.95. The Balaban J connectivity index is 1.79. The van der Waals surface area contributed by atoms with Crippen LogP contribution in [0.15, 0.2) is 72.2 Å². The van der Waals surface area contributed by atoms with Gasteiger partial charge in [-0.3, -0.25) is 0 Å². The maximum atomic E-state index is 10.1. The van der Waals surface area contributed by atoms with Crippen LogP contribution >= 0.6 is 0 Å². The molecule has 33 heavy (non-hydrogen) atoms. The van der Waals surface area contributed by atoms with Gasteiger partial charge in [-0.25, -0.2) is 4.99 Å². The summed E-state index contributed by atoms with van der Waals surface area (Å²) in [5, 5.41) is 14.5. The van der Waals surface area contributed by atoms with Gasteiger partial charge in [0.2, 0.25) is 5.88 Å². The van der Waals surface area contributed by atoms with E-state index in [-0.39, 0.29) is 5.88 Å². The summed E-state index contributed by atoms with van der Waals surface area (Å²) in [6.45, 7) is 8.07. The van der Waals surface area contributed by atoms with Gasteiger partial charge in [-0.15, -0.1) is 0 Å². The quantitative estimate of drug-likeness (QED) is 0.327. The minimum atomic E-state index is 0.267. The molecule has 1 saturated carbocycles. The molecule has 2 aromatic carbocycles. The molecule has 3 aromatic rings. The van der Waals surface area contributed by atoms with Crippen LogP contribution in [0, 0.1) is 11.3 Å². The van der Waals surface area contributed by atoms with Crippen LogP contribution in [0.25, 0.3) is 22.2 Å². The van der Waals surface area contributed by atoms with Crippen LogP contribution in [0.2, 0.25) is 0 Å². The summed E-state index contributed by atoms with van der Waals surface area (Å²) in [7, 11) is 0. The Labute approximate surface area is 194 Å². The summed E-state index contributed by atoms with van der Waals surface area (Å²) < 4.78 is 8.14. The summed E-state index contributed by atoms with van der Waals surface area (Å²) in [6, 6.07) is 17.3. The number of allylic oxidation sites excluding steroid dienone is 1. The largest absolute Gasteiger partial charge is 0.440 e. The Morgan fingerprint density at radius 1 is 1.27 bits per heavy atom. The second kappa shape index (κ2) is 9.66. The summed E-state index contributed by atoms with van der Waals surface area (Å²) in [5.74, 6) is 0.898. The van der Waals surface area contributed by atoms with Gasteiger partial charge < -0.3 is 20.4 Å². The number of hydrogen-bond donors (Lipinski definition) is 2. The Kier molecular flexibility index (Phi) is 6.50. The lowest BCUT2D eigenvalue weighted by molar-refractivity contribution is 0.324. The van der Waals surface area contributed by atoms with Crippen molar-refractivity contribution in [3.63, 3.8) is 0 Å². The number of nitriles is 1. The van der Waals surface area contributed by atoms with Crippen molar-refractivity contribution >= 4 is 22.8 Å². The van der Waals surface area contributed by atoms with Gasteiger partial charge in [-0.1, -0.05) is 12.1 Å². The molecule has 0 unspecified atom stereocenters. The lowest BCUT2D eigenvalue weighted by Gasteiger charge is -2.30. The summed E-state index contributed by atoms with van der Waals surface area (Å²) in [5.41, 5.74) is 10.1. The lowest BCUT2D eigenvalue weighted by atomic mass is 9.92. The maximum absolute atomic E-state index is 10.1. The number of nitrogens with two attached hydrogens (primary N) is 1. The topological polar surface area (TPSA) is 88.4 Å². The standard InChI is InChI=1S/C27H29N5O/c1-18(2)31-21-10-8-20(9-11-21)27-25(17-29)24-13-12-23(33-19(3)30-15-5-14-28)16-26(24)32(27)22-6-4-7-22/h5,8-16,18,22,31H,3-4,6-7,28H2,1-2H3/b14-5-,30-15-. The Hall–Kier alpha value is -3.98. The number of nitrogens with one attached hydrogen (secondary N) is 1. The molecular formula is C27H29N5O. The molecule has 1 aromatic heterocycles. The number of nitrogens with zero attached hydrogens (tertiary/aromatic N) is 3. The van der Waals surface area contributed by atoms with Crippen molar-refractivity contribution in [3.05, 3.63) is 72.8 Å². The number of hydrogen-bond acceptors (Lipinski definition) is 5. The smallest absolute Gasteiger partial charge is 0.211 e. The third kappa shape index (κ3) is 4.63. The van der Waals surface area contributed by atoms with Gasteiger partial charge in [-0.05, 0) is 81.8 Å². The monoisotopic (exact) mass is 439 g/mol. The molecule has 0 spiro atoms. The summed E-state index contributed by atoms with van der Waals surface area (Å²) in [6.07, 6.45) is 7.92. The first-order chi connectivity index (χ1) is 16.0. The molecule has 1 heterocycles. The van der Waals surface area contributed by atoms with Crippen molar-refractivity contribution in [1.82, 2.24) is 4.57 Å². The second-order valence-electron chi connectivity index (χ2n) is 8.50. The van der Waals surface area contributed by atoms with E-state index in [0.717, 1.165) is 40.7 Å². The van der Waals surface area contributed by atoms with E-state index in [1.807, 2.05) is 18.2 Å². The summed E-state index contributed by atoms with van der Waals surface area (Å²) in [4.78, 5) is 4.12. The van der Waals surface area contributed by atoms with Crippen molar-refractivity contribution in [3.8, 4) is 23.1 Å². The van der Waals surface area contributed by atoms with Crippen LogP contribution in [-0.2, 0) is 0 Å². The van der Waals surface area contributed by atoms with Crippen molar-refractivity contribution in [2.45, 2.75) is 45.2 Å². The zero-order valence-corrected chi connectivity index (χ0v) is 19.1. The average Bonchev–Trinajstić information content (AvgIpc) is 3.06. The van der Waals surface area contributed by atoms with E-state index in [9.17, 15) is 5.26 Å². The van der Waals surface area contributed by atoms with Gasteiger partial charge in [0, 0.05) is 35.4 Å². The highest BCUT2D eigenvalue weighted by Gasteiger charge is 2.28. The predicted octanol–water partition coefficient (Wildman–Crippen LogP) is 6.12. The fourth-order valence-electron chi connectivity index (χ4n) is 4.17. The molecule has 0 aliphatic heterocycles. The molecule has 0 atom stereocenters. The lowest BCUT2D eigenvalue weighted by Crippen LogP contribution is -2.17. The van der Waals surface area contributed by atoms with Crippen molar-refractivity contribution < 1.29 is 4.74 Å². The Bertz CT molecular complexity index is 1250. The Morgan fingerprint density at radius 3 is 2.64 bits per heavy atom. The van der Waals surface area contributed by atoms with Crippen molar-refractivity contribution in [2.24, 2.45) is 10.7 Å². The molecule has 4 rings (SSSR count). The van der Waals surface area contributed by atoms with Crippen molar-refractivity contribution in [2.75, 3.05) is 5.32 Å². The van der Waals surface area contributed by atoms with Crippen molar-refractivity contribution in [1.29, 1.82) is 5.26 Å². The van der Waals surface area contributed by atoms with Crippen LogP contribution in [-0.4, -0.2) is 16.8 Å². The molecule has 0 radical (unpaired) electrons. The third-order valence-electron chi connectivity index (χ3n) is 5.79. The van der Waals surface area contributed by atoms with E-state index in [4.69, 9.17) is 10.5 Å². The first-order valence-electron chi connectivity index (χ1n) is 11.2. The molecule has 1 fully saturated rings. The van der Waals surface area contributed by atoms with Gasteiger partial charge in [0.1, 0.15) is 11.8 Å². The highest BCUT2D eigenvalue weighted by atomic mass is 16.5. The fourth-order valence-corrected chi connectivity index (χ4v) is 4.17. The number of fused-ring (bicyclic) bond motifs is 1. The first kappa shape index (κ1) is 22.2. The average molecular weight is 440 g/mol. The minimum absolute atomic E-state index is 0.267. The zero-order valence-electron chi connectivity index (χ0n) is 19.1. The van der Waals surface area contributed by atoms with E-state index in [0.29, 0.717) is 23.4 Å². The molecule has 3 N–H and O–H groups in total. The van der Waals surface area contributed by atoms with Gasteiger partial charge >= 0.3 is 0 Å². The molecule has 6 heteroatoms. The van der Waals surface area contributed by atoms with E-state index in [2.05, 4.69) is 65.6 Å². The summed E-state index contributed by atoms with van der Waals surface area (Å²) >= 11 is 0. The first-order valence-corrected chi connectivity index (χ1v) is 11.2. The molecule has 1 aliphatic carbocycles. The number of benzene rings is 2. The second-order valence-corrected chi connectivity index (χ2v) is 8.50. The normalized spacial score (nSPS) is 14.1. The molecule has 0 amide bonds. The van der Waals surface area contributed by atoms with Crippen LogP contribution in [0.4, 0.5) is 5.69 Å². The molecule has 1 aliphatic rings. The van der Waals surface area contributed by atoms with E-state index < -0.39 is 0 Å². The van der Waals surface area contributed by atoms with E-state index in [1.54, 1.807) is 6.08 Å². The number of ether oxygens (including phenoxy) is 1. The molecule has 6 nitrogen and oxygen atoms in total. The number of aromatic nitrogens is 1. The van der Waals surface area contributed by atoms with Gasteiger partial charge in [0.15, 0.2) is 0 Å². The third-order valence-corrected chi connectivity index (χ3v) is 5.79. The van der Waals surface area contributed by atoms with Crippen LogP contribution in [0.1, 0.15) is 44.7 Å². The number of aliphatic imine (C=N–C) groups is 1. The molecular weight excluding hydrogens is 410 g/mol. The zero-order chi connectivity index (χ0) is 23.4. The van der Waals surface area contributed by atoms with Crippen LogP contribution in [0.5, 0.6) is 5.75 Å². The maximum Gasteiger partial charge on any atom is 0.211 e. The van der Waals surface area contributed by atoms with Crippen LogP contribution in [0.3, 0.4) is 0 Å². The Morgan fingerprint density at radius 2 is 2.03 bits per heavy atom. The molecule has 0 saturated heterocycles. The fraction of sp³-hybridized carbons (Fsp3) is 0.259. The number of rotatable bonds is 8. The highest BCUT2D eigenvalue weighted by Crippen LogP contribution is 2.43. The SMILES string of the molecule is C=C(/N=C\C=C/N)Oc1ccc2c(C#N)c(-c3ccc(NC(C)C)cc3)n(C3CCC3)c2c1. The van der Waals surface area contributed by atoms with E-state index >= 15 is 0 Å². The number of anilines is 1.